The molecule has 0 aromatic rings. The average Bonchev–Trinajstić information content (AvgIpc) is 3.39. The molecule has 6 heteroatoms. The van der Waals surface area contributed by atoms with E-state index in [4.69, 9.17) is 4.74 Å². The Morgan fingerprint density at radius 3 is 1.07 bits per heavy atom. The lowest BCUT2D eigenvalue weighted by atomic mass is 10.0. The summed E-state index contributed by atoms with van der Waals surface area (Å²) in [6.07, 6.45) is 77.8. The Labute approximate surface area is 456 Å². The van der Waals surface area contributed by atoms with Crippen LogP contribution in [0.1, 0.15) is 367 Å². The van der Waals surface area contributed by atoms with Gasteiger partial charge in [-0.25, -0.2) is 0 Å². The first kappa shape index (κ1) is 71.3. The van der Waals surface area contributed by atoms with Gasteiger partial charge < -0.3 is 20.3 Å². The number of aliphatic hydroxyl groups excluding tert-OH is 2. The Bertz CT molecular complexity index is 1140. The Morgan fingerprint density at radius 1 is 0.384 bits per heavy atom. The van der Waals surface area contributed by atoms with Crippen molar-refractivity contribution in [3.05, 3.63) is 24.3 Å². The summed E-state index contributed by atoms with van der Waals surface area (Å²) in [5.41, 5.74) is 0. The van der Waals surface area contributed by atoms with Gasteiger partial charge in [-0.3, -0.25) is 9.59 Å². The summed E-state index contributed by atoms with van der Waals surface area (Å²) in [5, 5.41) is 23.3. The van der Waals surface area contributed by atoms with E-state index in [-0.39, 0.29) is 18.5 Å². The summed E-state index contributed by atoms with van der Waals surface area (Å²) < 4.78 is 5.48. The van der Waals surface area contributed by atoms with Gasteiger partial charge in [0.1, 0.15) is 0 Å². The van der Waals surface area contributed by atoms with E-state index in [9.17, 15) is 19.8 Å². The van der Waals surface area contributed by atoms with E-state index in [0.29, 0.717) is 25.9 Å². The van der Waals surface area contributed by atoms with Crippen LogP contribution in [0.15, 0.2) is 24.3 Å². The second kappa shape index (κ2) is 62.9. The maximum atomic E-state index is 12.5. The highest BCUT2D eigenvalue weighted by atomic mass is 16.5. The summed E-state index contributed by atoms with van der Waals surface area (Å²) in [5.74, 6) is -0.0266. The minimum absolute atomic E-state index is 0.00374. The van der Waals surface area contributed by atoms with Gasteiger partial charge in [-0.1, -0.05) is 321 Å². The molecule has 432 valence electrons. The van der Waals surface area contributed by atoms with Crippen LogP contribution in [0.3, 0.4) is 0 Å². The standard InChI is InChI=1S/C67H129NO5/c1-3-5-7-9-11-13-15-17-31-35-39-43-47-51-55-59-65(70)64(63-69)68-66(71)60-56-52-48-44-40-36-33-29-27-25-23-21-19-20-22-24-26-28-30-34-38-42-46-50-54-58-62-73-67(72)61-57-53-49-45-41-37-32-18-16-14-12-10-8-6-4-2/h12,14,18,32,64-65,69-70H,3-11,13,15-17,19-31,33-63H2,1-2H3,(H,68,71)/b14-12-,32-18-. The number of hydrogen-bond acceptors (Lipinski definition) is 5. The highest BCUT2D eigenvalue weighted by Crippen LogP contribution is 2.19. The number of unbranched alkanes of at least 4 members (excludes halogenated alkanes) is 47. The normalized spacial score (nSPS) is 12.7. The van der Waals surface area contributed by atoms with E-state index < -0.39 is 12.1 Å². The van der Waals surface area contributed by atoms with Gasteiger partial charge in [0.15, 0.2) is 0 Å². The van der Waals surface area contributed by atoms with Crippen molar-refractivity contribution < 1.29 is 24.5 Å². The quantitative estimate of drug-likeness (QED) is 0.0320. The molecule has 2 atom stereocenters. The molecule has 0 aromatic heterocycles. The molecule has 0 spiro atoms. The first-order valence-electron chi connectivity index (χ1n) is 33.1. The van der Waals surface area contributed by atoms with Crippen LogP contribution in [0.4, 0.5) is 0 Å². The number of nitrogens with one attached hydrogen (secondary N) is 1. The third-order valence-corrected chi connectivity index (χ3v) is 15.5. The topological polar surface area (TPSA) is 95.9 Å². The van der Waals surface area contributed by atoms with Crippen LogP contribution in [0.25, 0.3) is 0 Å². The second-order valence-corrected chi connectivity index (χ2v) is 22.8. The number of allylic oxidation sites excluding steroid dienone is 4. The SMILES string of the molecule is CCCCC/C=C\C/C=C\CCCCCCCC(=O)OCCCCCCCCCCCCCCCCCCCCCCCCCCCCC(=O)NC(CO)C(O)CCCCCCCCCCCCCCCCC. The predicted octanol–water partition coefficient (Wildman–Crippen LogP) is 21.0. The molecule has 2 unspecified atom stereocenters. The highest BCUT2D eigenvalue weighted by Gasteiger charge is 2.20. The van der Waals surface area contributed by atoms with Crippen LogP contribution in [0.2, 0.25) is 0 Å². The molecule has 3 N–H and O–H groups in total. The van der Waals surface area contributed by atoms with Crippen LogP contribution in [-0.2, 0) is 14.3 Å². The molecule has 1 amide bonds. The minimum atomic E-state index is -0.662. The molecule has 6 nitrogen and oxygen atoms in total. The first-order chi connectivity index (χ1) is 36.0. The Balaban J connectivity index is 3.35. The van der Waals surface area contributed by atoms with Crippen molar-refractivity contribution in [3.8, 4) is 0 Å². The van der Waals surface area contributed by atoms with Crippen molar-refractivity contribution in [1.29, 1.82) is 0 Å². The highest BCUT2D eigenvalue weighted by molar-refractivity contribution is 5.76. The largest absolute Gasteiger partial charge is 0.466 e. The van der Waals surface area contributed by atoms with Crippen LogP contribution >= 0.6 is 0 Å². The molecule has 0 radical (unpaired) electrons. The third-order valence-electron chi connectivity index (χ3n) is 15.5. The summed E-state index contributed by atoms with van der Waals surface area (Å²) >= 11 is 0. The fourth-order valence-corrected chi connectivity index (χ4v) is 10.4. The maximum absolute atomic E-state index is 12.5. The van der Waals surface area contributed by atoms with Crippen LogP contribution in [0.5, 0.6) is 0 Å². The van der Waals surface area contributed by atoms with Gasteiger partial charge in [0.25, 0.3) is 0 Å². The van der Waals surface area contributed by atoms with Crippen LogP contribution < -0.4 is 5.32 Å². The Kier molecular flexibility index (Phi) is 61.4. The number of amides is 1. The number of rotatable bonds is 62. The average molecular weight is 1030 g/mol. The van der Waals surface area contributed by atoms with Gasteiger partial charge in [-0.05, 0) is 57.8 Å². The number of aliphatic hydroxyl groups is 2. The summed E-state index contributed by atoms with van der Waals surface area (Å²) in [7, 11) is 0. The zero-order valence-corrected chi connectivity index (χ0v) is 49.4. The second-order valence-electron chi connectivity index (χ2n) is 22.8. The summed E-state index contributed by atoms with van der Waals surface area (Å²) in [4.78, 5) is 24.6. The van der Waals surface area contributed by atoms with E-state index in [1.807, 2.05) is 0 Å². The van der Waals surface area contributed by atoms with Gasteiger partial charge in [-0.2, -0.15) is 0 Å². The number of esters is 1. The number of carbonyl (C=O) groups excluding carboxylic acids is 2. The van der Waals surface area contributed by atoms with Gasteiger partial charge in [-0.15, -0.1) is 0 Å². The molecule has 0 aliphatic carbocycles. The van der Waals surface area contributed by atoms with Crippen molar-refractivity contribution >= 4 is 11.9 Å². The van der Waals surface area contributed by atoms with E-state index in [0.717, 1.165) is 51.4 Å². The number of carbonyl (C=O) groups is 2. The van der Waals surface area contributed by atoms with Crippen molar-refractivity contribution in [2.75, 3.05) is 13.2 Å². The first-order valence-corrected chi connectivity index (χ1v) is 33.1. The Hall–Kier alpha value is -1.66. The van der Waals surface area contributed by atoms with Crippen molar-refractivity contribution in [1.82, 2.24) is 5.32 Å². The van der Waals surface area contributed by atoms with Crippen LogP contribution in [-0.4, -0.2) is 47.4 Å². The molecule has 0 aromatic carbocycles. The molecule has 0 heterocycles. The maximum Gasteiger partial charge on any atom is 0.305 e. The van der Waals surface area contributed by atoms with Gasteiger partial charge in [0.2, 0.25) is 5.91 Å². The molecule has 0 fully saturated rings. The van der Waals surface area contributed by atoms with Crippen molar-refractivity contribution in [2.45, 2.75) is 379 Å². The number of ether oxygens (including phenoxy) is 1. The third kappa shape index (κ3) is 59.4. The predicted molar refractivity (Wildman–Crippen MR) is 320 cm³/mol. The van der Waals surface area contributed by atoms with Crippen LogP contribution in [0, 0.1) is 0 Å². The zero-order chi connectivity index (χ0) is 52.9. The van der Waals surface area contributed by atoms with Crippen molar-refractivity contribution in [2.24, 2.45) is 0 Å². The molecular formula is C67H129NO5. The lowest BCUT2D eigenvalue weighted by molar-refractivity contribution is -0.143. The fraction of sp³-hybridized carbons (Fsp3) is 0.910. The summed E-state index contributed by atoms with van der Waals surface area (Å²) in [6.45, 7) is 4.95. The van der Waals surface area contributed by atoms with E-state index in [2.05, 4.69) is 43.5 Å². The van der Waals surface area contributed by atoms with E-state index >= 15 is 0 Å². The van der Waals surface area contributed by atoms with E-state index in [1.54, 1.807) is 0 Å². The van der Waals surface area contributed by atoms with Gasteiger partial charge in [0.05, 0.1) is 25.4 Å². The van der Waals surface area contributed by atoms with E-state index in [1.165, 1.54) is 283 Å². The molecule has 0 aliphatic heterocycles. The zero-order valence-electron chi connectivity index (χ0n) is 49.4. The molecule has 0 rings (SSSR count). The summed E-state index contributed by atoms with van der Waals surface area (Å²) in [6, 6.07) is -0.539. The fourth-order valence-electron chi connectivity index (χ4n) is 10.4. The molecule has 0 aliphatic rings. The molecule has 0 bridgehead atoms. The number of hydrogen-bond donors (Lipinski definition) is 3. The lowest BCUT2D eigenvalue weighted by Crippen LogP contribution is -2.45. The van der Waals surface area contributed by atoms with Gasteiger partial charge >= 0.3 is 5.97 Å². The minimum Gasteiger partial charge on any atom is -0.466 e. The van der Waals surface area contributed by atoms with Crippen molar-refractivity contribution in [3.63, 3.8) is 0 Å². The molecule has 0 saturated carbocycles. The van der Waals surface area contributed by atoms with Gasteiger partial charge in [0, 0.05) is 12.8 Å². The smallest absolute Gasteiger partial charge is 0.305 e. The molecule has 73 heavy (non-hydrogen) atoms. The monoisotopic (exact) mass is 1030 g/mol. The molecule has 0 saturated heterocycles. The molecular weight excluding hydrogens is 899 g/mol. The lowest BCUT2D eigenvalue weighted by Gasteiger charge is -2.22. The Morgan fingerprint density at radius 2 is 0.685 bits per heavy atom.